The van der Waals surface area contributed by atoms with E-state index < -0.39 is 0 Å². The molecule has 21 heavy (non-hydrogen) atoms. The summed E-state index contributed by atoms with van der Waals surface area (Å²) in [5.41, 5.74) is 2.96. The van der Waals surface area contributed by atoms with Gasteiger partial charge in [0.05, 0.1) is 26.9 Å². The Morgan fingerprint density at radius 3 is 2.33 bits per heavy atom. The molecule has 2 N–H and O–H groups in total. The van der Waals surface area contributed by atoms with Crippen molar-refractivity contribution in [2.45, 2.75) is 19.6 Å². The van der Waals surface area contributed by atoms with Gasteiger partial charge in [-0.25, -0.2) is 0 Å². The first-order chi connectivity index (χ1) is 10.2. The maximum absolute atomic E-state index is 9.06. The lowest BCUT2D eigenvalue weighted by Crippen LogP contribution is -2.08. The smallest absolute Gasteiger partial charge is 0.127 e. The van der Waals surface area contributed by atoms with E-state index in [2.05, 4.69) is 12.2 Å². The Morgan fingerprint density at radius 2 is 1.76 bits per heavy atom. The van der Waals surface area contributed by atoms with Crippen LogP contribution < -0.4 is 14.8 Å². The van der Waals surface area contributed by atoms with Crippen molar-refractivity contribution in [3.63, 3.8) is 0 Å². The van der Waals surface area contributed by atoms with Gasteiger partial charge in [0.25, 0.3) is 0 Å². The fraction of sp³-hybridized carbons (Fsp3) is 0.294. The van der Waals surface area contributed by atoms with Gasteiger partial charge in [-0.2, -0.15) is 0 Å². The molecule has 0 bridgehead atoms. The maximum atomic E-state index is 9.06. The summed E-state index contributed by atoms with van der Waals surface area (Å²) < 4.78 is 10.6. The van der Waals surface area contributed by atoms with E-state index in [1.165, 1.54) is 0 Å². The Bertz CT molecular complexity index is 581. The van der Waals surface area contributed by atoms with Crippen molar-refractivity contribution in [3.05, 3.63) is 53.6 Å². The lowest BCUT2D eigenvalue weighted by Gasteiger charge is -2.19. The summed E-state index contributed by atoms with van der Waals surface area (Å²) in [5.74, 6) is 1.57. The molecule has 0 radical (unpaired) electrons. The van der Waals surface area contributed by atoms with Crippen LogP contribution in [0.4, 0.5) is 5.69 Å². The van der Waals surface area contributed by atoms with Crippen LogP contribution in [-0.2, 0) is 6.61 Å². The van der Waals surface area contributed by atoms with Gasteiger partial charge < -0.3 is 19.9 Å². The molecule has 0 saturated carbocycles. The molecule has 0 aliphatic carbocycles. The van der Waals surface area contributed by atoms with Gasteiger partial charge in [-0.05, 0) is 36.8 Å². The molecule has 2 rings (SSSR count). The van der Waals surface area contributed by atoms with Gasteiger partial charge in [-0.3, -0.25) is 0 Å². The standard InChI is InChI=1S/C17H21NO3/c1-12(18-14-6-4-13(11-19)5-7-14)16-9-8-15(20-2)10-17(16)21-3/h4-10,12,18-19H,11H2,1-3H3. The number of hydrogen-bond acceptors (Lipinski definition) is 4. The van der Waals surface area contributed by atoms with Crippen LogP contribution in [0.15, 0.2) is 42.5 Å². The number of aliphatic hydroxyl groups is 1. The van der Waals surface area contributed by atoms with Crippen LogP contribution in [0.25, 0.3) is 0 Å². The molecule has 0 aromatic heterocycles. The zero-order valence-electron chi connectivity index (χ0n) is 12.6. The third kappa shape index (κ3) is 3.67. The van der Waals surface area contributed by atoms with Gasteiger partial charge in [0.2, 0.25) is 0 Å². The van der Waals surface area contributed by atoms with E-state index in [9.17, 15) is 0 Å². The third-order valence-corrected chi connectivity index (χ3v) is 3.43. The predicted octanol–water partition coefficient (Wildman–Crippen LogP) is 3.37. The molecule has 112 valence electrons. The minimum atomic E-state index is 0.0577. The second-order valence-corrected chi connectivity index (χ2v) is 4.83. The van der Waals surface area contributed by atoms with E-state index in [0.29, 0.717) is 0 Å². The van der Waals surface area contributed by atoms with Gasteiger partial charge in [0, 0.05) is 17.3 Å². The highest BCUT2D eigenvalue weighted by Gasteiger charge is 2.12. The number of ether oxygens (including phenoxy) is 2. The van der Waals surface area contributed by atoms with Gasteiger partial charge >= 0.3 is 0 Å². The van der Waals surface area contributed by atoms with Crippen molar-refractivity contribution >= 4 is 5.69 Å². The first kappa shape index (κ1) is 15.2. The van der Waals surface area contributed by atoms with Crippen molar-refractivity contribution in [2.24, 2.45) is 0 Å². The summed E-state index contributed by atoms with van der Waals surface area (Å²) in [4.78, 5) is 0. The Kier molecular flexibility index (Phi) is 5.06. The maximum Gasteiger partial charge on any atom is 0.127 e. The molecule has 1 atom stereocenters. The molecule has 0 fully saturated rings. The number of anilines is 1. The van der Waals surface area contributed by atoms with E-state index in [4.69, 9.17) is 14.6 Å². The van der Waals surface area contributed by atoms with Gasteiger partial charge in [-0.15, -0.1) is 0 Å². The van der Waals surface area contributed by atoms with E-state index >= 15 is 0 Å². The monoisotopic (exact) mass is 287 g/mol. The quantitative estimate of drug-likeness (QED) is 0.855. The van der Waals surface area contributed by atoms with Crippen LogP contribution in [0.5, 0.6) is 11.5 Å². The van der Waals surface area contributed by atoms with Crippen molar-refractivity contribution in [1.29, 1.82) is 0 Å². The summed E-state index contributed by atoms with van der Waals surface area (Å²) in [6.45, 7) is 2.13. The molecular weight excluding hydrogens is 266 g/mol. The fourth-order valence-corrected chi connectivity index (χ4v) is 2.21. The molecule has 2 aromatic rings. The lowest BCUT2D eigenvalue weighted by molar-refractivity contribution is 0.282. The van der Waals surface area contributed by atoms with E-state index in [1.807, 2.05) is 42.5 Å². The number of benzene rings is 2. The van der Waals surface area contributed by atoms with Crippen LogP contribution in [0.2, 0.25) is 0 Å². The Hall–Kier alpha value is -2.20. The Labute approximate surface area is 125 Å². The number of aliphatic hydroxyl groups excluding tert-OH is 1. The number of methoxy groups -OCH3 is 2. The number of hydrogen-bond donors (Lipinski definition) is 2. The molecule has 4 nitrogen and oxygen atoms in total. The van der Waals surface area contributed by atoms with Gasteiger partial charge in [0.15, 0.2) is 0 Å². The molecule has 1 unspecified atom stereocenters. The Balaban J connectivity index is 2.17. The molecule has 0 heterocycles. The van der Waals surface area contributed by atoms with Crippen molar-refractivity contribution in [1.82, 2.24) is 0 Å². The zero-order valence-corrected chi connectivity index (χ0v) is 12.6. The zero-order chi connectivity index (χ0) is 15.2. The summed E-state index contributed by atoms with van der Waals surface area (Å²) >= 11 is 0. The average molecular weight is 287 g/mol. The topological polar surface area (TPSA) is 50.7 Å². The molecule has 0 aliphatic heterocycles. The third-order valence-electron chi connectivity index (χ3n) is 3.43. The minimum absolute atomic E-state index is 0.0577. The molecular formula is C17H21NO3. The summed E-state index contributed by atoms with van der Waals surface area (Å²) in [6, 6.07) is 13.6. The van der Waals surface area contributed by atoms with Crippen molar-refractivity contribution in [3.8, 4) is 11.5 Å². The highest BCUT2D eigenvalue weighted by atomic mass is 16.5. The summed E-state index contributed by atoms with van der Waals surface area (Å²) in [7, 11) is 3.29. The number of rotatable bonds is 6. The SMILES string of the molecule is COc1ccc(C(C)Nc2ccc(CO)cc2)c(OC)c1. The van der Waals surface area contributed by atoms with Crippen LogP contribution >= 0.6 is 0 Å². The Morgan fingerprint density at radius 1 is 1.05 bits per heavy atom. The second-order valence-electron chi connectivity index (χ2n) is 4.83. The van der Waals surface area contributed by atoms with Gasteiger partial charge in [-0.1, -0.05) is 12.1 Å². The first-order valence-corrected chi connectivity index (χ1v) is 6.86. The largest absolute Gasteiger partial charge is 0.497 e. The van der Waals surface area contributed by atoms with Crippen LogP contribution in [-0.4, -0.2) is 19.3 Å². The highest BCUT2D eigenvalue weighted by molar-refractivity contribution is 5.50. The van der Waals surface area contributed by atoms with Crippen LogP contribution in [0.3, 0.4) is 0 Å². The second kappa shape index (κ2) is 6.99. The number of nitrogens with one attached hydrogen (secondary N) is 1. The molecule has 2 aromatic carbocycles. The minimum Gasteiger partial charge on any atom is -0.497 e. The lowest BCUT2D eigenvalue weighted by atomic mass is 10.1. The summed E-state index contributed by atoms with van der Waals surface area (Å²) in [5, 5.41) is 12.5. The van der Waals surface area contributed by atoms with Crippen molar-refractivity contribution < 1.29 is 14.6 Å². The highest BCUT2D eigenvalue weighted by Crippen LogP contribution is 2.31. The fourth-order valence-electron chi connectivity index (χ4n) is 2.21. The predicted molar refractivity (Wildman–Crippen MR) is 83.9 cm³/mol. The molecule has 0 saturated heterocycles. The van der Waals surface area contributed by atoms with Crippen LogP contribution in [0.1, 0.15) is 24.1 Å². The van der Waals surface area contributed by atoms with E-state index in [1.54, 1.807) is 14.2 Å². The molecule has 0 spiro atoms. The van der Waals surface area contributed by atoms with Crippen LogP contribution in [0, 0.1) is 0 Å². The van der Waals surface area contributed by atoms with Crippen molar-refractivity contribution in [2.75, 3.05) is 19.5 Å². The van der Waals surface area contributed by atoms with E-state index in [0.717, 1.165) is 28.3 Å². The molecule has 0 aliphatic rings. The first-order valence-electron chi connectivity index (χ1n) is 6.86. The van der Waals surface area contributed by atoms with E-state index in [-0.39, 0.29) is 12.6 Å². The summed E-state index contributed by atoms with van der Waals surface area (Å²) in [6.07, 6.45) is 0. The normalized spacial score (nSPS) is 11.8. The van der Waals surface area contributed by atoms with Gasteiger partial charge in [0.1, 0.15) is 11.5 Å². The average Bonchev–Trinajstić information content (AvgIpc) is 2.54. The molecule has 0 amide bonds. The molecule has 4 heteroatoms.